The van der Waals surface area contributed by atoms with Gasteiger partial charge in [-0.1, -0.05) is 26.0 Å². The average Bonchev–Trinajstić information content (AvgIpc) is 2.42. The Balaban J connectivity index is 2.55. The third kappa shape index (κ3) is 5.93. The van der Waals surface area contributed by atoms with Crippen LogP contribution in [0.4, 0.5) is 13.2 Å². The van der Waals surface area contributed by atoms with Crippen LogP contribution in [-0.4, -0.2) is 30.8 Å². The third-order valence-electron chi connectivity index (χ3n) is 3.10. The number of carbonyl (C=O) groups is 1. The van der Waals surface area contributed by atoms with Crippen molar-refractivity contribution in [1.29, 1.82) is 0 Å². The van der Waals surface area contributed by atoms with Crippen LogP contribution in [0.3, 0.4) is 0 Å². The van der Waals surface area contributed by atoms with Crippen LogP contribution in [0.25, 0.3) is 0 Å². The molecule has 4 nitrogen and oxygen atoms in total. The number of amides is 1. The van der Waals surface area contributed by atoms with Gasteiger partial charge in [-0.2, -0.15) is 13.2 Å². The summed E-state index contributed by atoms with van der Waals surface area (Å²) in [6, 6.07) is 4.74. The molecule has 0 spiro atoms. The number of aliphatic hydroxyl groups excluding tert-OH is 1. The zero-order chi connectivity index (χ0) is 16.8. The van der Waals surface area contributed by atoms with E-state index >= 15 is 0 Å². The molecule has 1 aromatic carbocycles. The highest BCUT2D eigenvalue weighted by atomic mass is 19.4. The summed E-state index contributed by atoms with van der Waals surface area (Å²) in [4.78, 5) is 11.6. The van der Waals surface area contributed by atoms with E-state index in [2.05, 4.69) is 5.32 Å². The first kappa shape index (κ1) is 18.3. The molecule has 22 heavy (non-hydrogen) atoms. The highest BCUT2D eigenvalue weighted by Crippen LogP contribution is 2.35. The summed E-state index contributed by atoms with van der Waals surface area (Å²) in [6.07, 6.45) is -4.03. The van der Waals surface area contributed by atoms with Gasteiger partial charge in [0, 0.05) is 13.2 Å². The number of alkyl halides is 3. The molecule has 0 saturated heterocycles. The first-order valence-corrected chi connectivity index (χ1v) is 6.82. The number of para-hydroxylation sites is 1. The molecule has 0 unspecified atom stereocenters. The summed E-state index contributed by atoms with van der Waals surface area (Å²) in [5, 5.41) is 11.5. The lowest BCUT2D eigenvalue weighted by Gasteiger charge is -2.23. The summed E-state index contributed by atoms with van der Waals surface area (Å²) in [6.45, 7) is 3.53. The predicted molar refractivity (Wildman–Crippen MR) is 75.4 cm³/mol. The van der Waals surface area contributed by atoms with Crippen molar-refractivity contribution in [2.45, 2.75) is 26.4 Å². The Morgan fingerprint density at radius 1 is 1.27 bits per heavy atom. The SMILES string of the molecule is CC(C)(CCO)CNC(=O)COc1ccccc1C(F)(F)F. The second-order valence-corrected chi connectivity index (χ2v) is 5.70. The molecule has 0 aliphatic carbocycles. The molecule has 1 aromatic rings. The highest BCUT2D eigenvalue weighted by molar-refractivity contribution is 5.77. The van der Waals surface area contributed by atoms with E-state index in [-0.39, 0.29) is 17.8 Å². The Bertz CT molecular complexity index is 501. The van der Waals surface area contributed by atoms with E-state index in [4.69, 9.17) is 9.84 Å². The second kappa shape index (κ2) is 7.49. The van der Waals surface area contributed by atoms with Gasteiger partial charge in [0.2, 0.25) is 0 Å². The number of hydrogen-bond donors (Lipinski definition) is 2. The number of nitrogens with one attached hydrogen (secondary N) is 1. The lowest BCUT2D eigenvalue weighted by molar-refractivity contribution is -0.139. The van der Waals surface area contributed by atoms with Crippen molar-refractivity contribution in [2.75, 3.05) is 19.8 Å². The maximum absolute atomic E-state index is 12.8. The maximum atomic E-state index is 12.8. The van der Waals surface area contributed by atoms with Crippen molar-refractivity contribution in [2.24, 2.45) is 5.41 Å². The molecule has 0 bridgehead atoms. The Hall–Kier alpha value is -1.76. The molecule has 0 atom stereocenters. The molecule has 124 valence electrons. The largest absolute Gasteiger partial charge is 0.483 e. The normalized spacial score (nSPS) is 12.1. The van der Waals surface area contributed by atoms with E-state index < -0.39 is 24.3 Å². The molecule has 0 saturated carbocycles. The maximum Gasteiger partial charge on any atom is 0.419 e. The van der Waals surface area contributed by atoms with Crippen molar-refractivity contribution in [3.63, 3.8) is 0 Å². The van der Waals surface area contributed by atoms with Crippen LogP contribution in [0, 0.1) is 5.41 Å². The van der Waals surface area contributed by atoms with Crippen molar-refractivity contribution >= 4 is 5.91 Å². The molecule has 0 fully saturated rings. The van der Waals surface area contributed by atoms with Gasteiger partial charge in [0.15, 0.2) is 6.61 Å². The first-order chi connectivity index (χ1) is 10.2. The summed E-state index contributed by atoms with van der Waals surface area (Å²) in [5.74, 6) is -0.886. The molecule has 1 amide bonds. The number of ether oxygens (including phenoxy) is 1. The Morgan fingerprint density at radius 3 is 2.50 bits per heavy atom. The molecular weight excluding hydrogens is 299 g/mol. The minimum absolute atomic E-state index is 0.00166. The number of halogens is 3. The van der Waals surface area contributed by atoms with Crippen molar-refractivity contribution in [1.82, 2.24) is 5.32 Å². The van der Waals surface area contributed by atoms with Gasteiger partial charge in [-0.3, -0.25) is 4.79 Å². The summed E-state index contributed by atoms with van der Waals surface area (Å²) >= 11 is 0. The van der Waals surface area contributed by atoms with E-state index in [1.54, 1.807) is 0 Å². The molecular formula is C15H20F3NO3. The Morgan fingerprint density at radius 2 is 1.91 bits per heavy atom. The minimum Gasteiger partial charge on any atom is -0.483 e. The van der Waals surface area contributed by atoms with Gasteiger partial charge in [-0.25, -0.2) is 0 Å². The van der Waals surface area contributed by atoms with Crippen molar-refractivity contribution in [3.05, 3.63) is 29.8 Å². The lowest BCUT2D eigenvalue weighted by atomic mass is 9.90. The molecule has 0 aromatic heterocycles. The van der Waals surface area contributed by atoms with E-state index in [9.17, 15) is 18.0 Å². The molecule has 0 aliphatic rings. The van der Waals surface area contributed by atoms with Crippen LogP contribution < -0.4 is 10.1 Å². The predicted octanol–water partition coefficient (Wildman–Crippen LogP) is 2.61. The van der Waals surface area contributed by atoms with Crippen LogP contribution in [0.15, 0.2) is 24.3 Å². The van der Waals surface area contributed by atoms with E-state index in [0.29, 0.717) is 13.0 Å². The van der Waals surface area contributed by atoms with E-state index in [1.807, 2.05) is 13.8 Å². The fourth-order valence-electron chi connectivity index (χ4n) is 1.75. The fourth-order valence-corrected chi connectivity index (χ4v) is 1.75. The first-order valence-electron chi connectivity index (χ1n) is 6.82. The van der Waals surface area contributed by atoms with Crippen LogP contribution in [0.1, 0.15) is 25.8 Å². The molecule has 0 radical (unpaired) electrons. The van der Waals surface area contributed by atoms with Crippen LogP contribution in [0.5, 0.6) is 5.75 Å². The fraction of sp³-hybridized carbons (Fsp3) is 0.533. The summed E-state index contributed by atoms with van der Waals surface area (Å²) < 4.78 is 43.2. The minimum atomic E-state index is -4.53. The van der Waals surface area contributed by atoms with Gasteiger partial charge in [0.05, 0.1) is 5.56 Å². The van der Waals surface area contributed by atoms with Crippen LogP contribution in [0.2, 0.25) is 0 Å². The molecule has 1 rings (SSSR count). The summed E-state index contributed by atoms with van der Waals surface area (Å²) in [5.41, 5.74) is -1.21. The van der Waals surface area contributed by atoms with Gasteiger partial charge >= 0.3 is 6.18 Å². The van der Waals surface area contributed by atoms with Gasteiger partial charge in [0.1, 0.15) is 5.75 Å². The van der Waals surface area contributed by atoms with Gasteiger partial charge in [-0.05, 0) is 24.0 Å². The third-order valence-corrected chi connectivity index (χ3v) is 3.10. The van der Waals surface area contributed by atoms with Crippen LogP contribution >= 0.6 is 0 Å². The van der Waals surface area contributed by atoms with Crippen molar-refractivity contribution < 1.29 is 27.8 Å². The average molecular weight is 319 g/mol. The highest BCUT2D eigenvalue weighted by Gasteiger charge is 2.34. The van der Waals surface area contributed by atoms with Gasteiger partial charge in [-0.15, -0.1) is 0 Å². The standard InChI is InChI=1S/C15H20F3NO3/c1-14(2,7-8-20)10-19-13(21)9-22-12-6-4-3-5-11(12)15(16,17)18/h3-6,20H,7-10H2,1-2H3,(H,19,21). The quantitative estimate of drug-likeness (QED) is 0.812. The van der Waals surface area contributed by atoms with E-state index in [0.717, 1.165) is 6.07 Å². The summed E-state index contributed by atoms with van der Waals surface area (Å²) in [7, 11) is 0. The Kier molecular flexibility index (Phi) is 6.22. The zero-order valence-electron chi connectivity index (χ0n) is 12.5. The molecule has 2 N–H and O–H groups in total. The number of hydrogen-bond acceptors (Lipinski definition) is 3. The lowest BCUT2D eigenvalue weighted by Crippen LogP contribution is -2.37. The van der Waals surface area contributed by atoms with Crippen molar-refractivity contribution in [3.8, 4) is 5.75 Å². The number of benzene rings is 1. The van der Waals surface area contributed by atoms with Gasteiger partial charge < -0.3 is 15.2 Å². The van der Waals surface area contributed by atoms with E-state index in [1.165, 1.54) is 18.2 Å². The smallest absolute Gasteiger partial charge is 0.419 e. The Labute approximate surface area is 127 Å². The van der Waals surface area contributed by atoms with Gasteiger partial charge in [0.25, 0.3) is 5.91 Å². The number of carbonyl (C=O) groups excluding carboxylic acids is 1. The van der Waals surface area contributed by atoms with Crippen LogP contribution in [-0.2, 0) is 11.0 Å². The molecule has 0 heterocycles. The topological polar surface area (TPSA) is 58.6 Å². The zero-order valence-corrected chi connectivity index (χ0v) is 12.5. The molecule has 0 aliphatic heterocycles. The molecule has 7 heteroatoms. The number of aliphatic hydroxyl groups is 1. The number of rotatable bonds is 7. The monoisotopic (exact) mass is 319 g/mol. The second-order valence-electron chi connectivity index (χ2n) is 5.70.